The van der Waals surface area contributed by atoms with Crippen molar-refractivity contribution in [2.45, 2.75) is 45.1 Å². The molecule has 2 N–H and O–H groups in total. The molecule has 21 heavy (non-hydrogen) atoms. The number of nitrogens with zero attached hydrogens (tertiary/aromatic N) is 1. The fourth-order valence-corrected chi connectivity index (χ4v) is 3.95. The van der Waals surface area contributed by atoms with Crippen LogP contribution >= 0.6 is 0 Å². The third-order valence-corrected chi connectivity index (χ3v) is 4.94. The maximum atomic E-state index is 11.8. The van der Waals surface area contributed by atoms with Crippen LogP contribution in [0.15, 0.2) is 29.8 Å². The molecule has 1 fully saturated rings. The number of primary amides is 1. The third kappa shape index (κ3) is 2.62. The maximum absolute atomic E-state index is 11.8. The minimum Gasteiger partial charge on any atom is -0.366 e. The summed E-state index contributed by atoms with van der Waals surface area (Å²) in [4.78, 5) is 14.3. The molecule has 1 aromatic carbocycles. The Kier molecular flexibility index (Phi) is 3.85. The van der Waals surface area contributed by atoms with Crippen molar-refractivity contribution < 1.29 is 4.79 Å². The zero-order chi connectivity index (χ0) is 15.0. The maximum Gasteiger partial charge on any atom is 0.248 e. The number of nitrogens with two attached hydrogens (primary N) is 1. The summed E-state index contributed by atoms with van der Waals surface area (Å²) >= 11 is 0. The van der Waals surface area contributed by atoms with E-state index in [1.165, 1.54) is 23.1 Å². The van der Waals surface area contributed by atoms with Crippen LogP contribution in [0.2, 0.25) is 0 Å². The van der Waals surface area contributed by atoms with Crippen molar-refractivity contribution in [2.75, 3.05) is 13.1 Å². The van der Waals surface area contributed by atoms with Gasteiger partial charge >= 0.3 is 0 Å². The van der Waals surface area contributed by atoms with E-state index in [0.717, 1.165) is 31.5 Å². The molecule has 1 aromatic rings. The quantitative estimate of drug-likeness (QED) is 0.868. The van der Waals surface area contributed by atoms with Crippen molar-refractivity contribution in [3.8, 4) is 0 Å². The normalized spacial score (nSPS) is 24.3. The number of aryl methyl sites for hydroxylation is 1. The average molecular weight is 284 g/mol. The lowest BCUT2D eigenvalue weighted by Gasteiger charge is -2.34. The summed E-state index contributed by atoms with van der Waals surface area (Å²) in [6.45, 7) is 6.44. The number of allylic oxidation sites excluding steroid dienone is 1. The highest BCUT2D eigenvalue weighted by molar-refractivity contribution is 5.95. The number of likely N-dealkylation sites (tertiary alicyclic amines) is 1. The van der Waals surface area contributed by atoms with Crippen LogP contribution in [0.25, 0.3) is 0 Å². The molecular formula is C18H24N2O. The van der Waals surface area contributed by atoms with Gasteiger partial charge in [0.25, 0.3) is 0 Å². The van der Waals surface area contributed by atoms with Gasteiger partial charge in [-0.3, -0.25) is 9.69 Å². The molecule has 0 unspecified atom stereocenters. The molecule has 0 saturated carbocycles. The zero-order valence-corrected chi connectivity index (χ0v) is 12.9. The molecule has 0 spiro atoms. The lowest BCUT2D eigenvalue weighted by atomic mass is 9.77. The largest absolute Gasteiger partial charge is 0.366 e. The Hall–Kier alpha value is -1.61. The van der Waals surface area contributed by atoms with Crippen LogP contribution in [0, 0.1) is 0 Å². The fraction of sp³-hybridized carbons (Fsp3) is 0.500. The second-order valence-electron chi connectivity index (χ2n) is 6.52. The van der Waals surface area contributed by atoms with Crippen molar-refractivity contribution in [1.29, 1.82) is 0 Å². The monoisotopic (exact) mass is 284 g/mol. The van der Waals surface area contributed by atoms with Crippen molar-refractivity contribution in [1.82, 2.24) is 4.90 Å². The van der Waals surface area contributed by atoms with Crippen molar-refractivity contribution in [3.05, 3.63) is 46.5 Å². The number of rotatable bonds is 3. The molecule has 3 nitrogen and oxygen atoms in total. The van der Waals surface area contributed by atoms with Gasteiger partial charge in [-0.1, -0.05) is 23.8 Å². The first kappa shape index (κ1) is 14.3. The molecule has 3 heteroatoms. The van der Waals surface area contributed by atoms with Crippen LogP contribution in [0.4, 0.5) is 0 Å². The summed E-state index contributed by atoms with van der Waals surface area (Å²) < 4.78 is 0. The van der Waals surface area contributed by atoms with E-state index < -0.39 is 0 Å². The van der Waals surface area contributed by atoms with E-state index in [0.29, 0.717) is 12.0 Å². The number of benzene rings is 1. The molecule has 2 aliphatic rings. The van der Waals surface area contributed by atoms with E-state index in [2.05, 4.69) is 30.9 Å². The standard InChI is InChI=1S/C18H24N2O/c1-12(2)8-10-20-11-9-14-16(20)7-6-13-4-3-5-15(17(13)14)18(19)21/h3-5,8,14,16H,6-7,9-11H2,1-2H3,(H2,19,21)/t14-,16-/m1/s1. The van der Waals surface area contributed by atoms with Gasteiger partial charge in [-0.15, -0.1) is 0 Å². The Labute approximate surface area is 126 Å². The predicted molar refractivity (Wildman–Crippen MR) is 85.4 cm³/mol. The zero-order valence-electron chi connectivity index (χ0n) is 12.9. The van der Waals surface area contributed by atoms with E-state index in [1.807, 2.05) is 12.1 Å². The number of hydrogen-bond acceptors (Lipinski definition) is 2. The third-order valence-electron chi connectivity index (χ3n) is 4.94. The second-order valence-corrected chi connectivity index (χ2v) is 6.52. The van der Waals surface area contributed by atoms with Crippen LogP contribution < -0.4 is 5.73 Å². The summed E-state index contributed by atoms with van der Waals surface area (Å²) in [6, 6.07) is 6.59. The van der Waals surface area contributed by atoms with Crippen molar-refractivity contribution in [3.63, 3.8) is 0 Å². The van der Waals surface area contributed by atoms with Crippen molar-refractivity contribution in [2.24, 2.45) is 5.73 Å². The SMILES string of the molecule is CC(C)=CCN1CC[C@H]2c3c(cccc3C(N)=O)CC[C@H]21. The number of amides is 1. The number of carbonyl (C=O) groups is 1. The Balaban J connectivity index is 1.91. The van der Waals surface area contributed by atoms with Gasteiger partial charge in [0.15, 0.2) is 0 Å². The Morgan fingerprint density at radius 3 is 2.90 bits per heavy atom. The lowest BCUT2D eigenvalue weighted by molar-refractivity contribution is 0.0998. The molecule has 1 aliphatic heterocycles. The van der Waals surface area contributed by atoms with E-state index in [-0.39, 0.29) is 5.91 Å². The number of fused-ring (bicyclic) bond motifs is 3. The summed E-state index contributed by atoms with van der Waals surface area (Å²) in [7, 11) is 0. The Morgan fingerprint density at radius 2 is 2.19 bits per heavy atom. The van der Waals surface area contributed by atoms with Crippen LogP contribution in [-0.2, 0) is 6.42 Å². The van der Waals surface area contributed by atoms with Gasteiger partial charge in [0.05, 0.1) is 0 Å². The average Bonchev–Trinajstić information content (AvgIpc) is 2.87. The molecule has 112 valence electrons. The first-order valence-corrected chi connectivity index (χ1v) is 7.87. The minimum atomic E-state index is -0.282. The lowest BCUT2D eigenvalue weighted by Crippen LogP contribution is -2.36. The fourth-order valence-electron chi connectivity index (χ4n) is 3.95. The highest BCUT2D eigenvalue weighted by Crippen LogP contribution is 2.42. The summed E-state index contributed by atoms with van der Waals surface area (Å²) in [5.41, 5.74) is 10.3. The van der Waals surface area contributed by atoms with Gasteiger partial charge in [-0.2, -0.15) is 0 Å². The van der Waals surface area contributed by atoms with Crippen LogP contribution in [0.3, 0.4) is 0 Å². The van der Waals surface area contributed by atoms with Gasteiger partial charge in [0.1, 0.15) is 0 Å². The summed E-state index contributed by atoms with van der Waals surface area (Å²) in [5, 5.41) is 0. The topological polar surface area (TPSA) is 46.3 Å². The van der Waals surface area contributed by atoms with Crippen LogP contribution in [0.5, 0.6) is 0 Å². The van der Waals surface area contributed by atoms with Gasteiger partial charge in [-0.05, 0) is 56.8 Å². The van der Waals surface area contributed by atoms with E-state index in [4.69, 9.17) is 5.73 Å². The molecule has 1 aliphatic carbocycles. The predicted octanol–water partition coefficient (Wildman–Crippen LogP) is 2.86. The first-order chi connectivity index (χ1) is 10.1. The second kappa shape index (κ2) is 5.64. The smallest absolute Gasteiger partial charge is 0.248 e. The first-order valence-electron chi connectivity index (χ1n) is 7.87. The van der Waals surface area contributed by atoms with Gasteiger partial charge < -0.3 is 5.73 Å². The molecule has 0 bridgehead atoms. The number of carbonyl (C=O) groups excluding carboxylic acids is 1. The van der Waals surface area contributed by atoms with Crippen molar-refractivity contribution >= 4 is 5.91 Å². The molecule has 3 rings (SSSR count). The molecule has 1 amide bonds. The Morgan fingerprint density at radius 1 is 1.38 bits per heavy atom. The van der Waals surface area contributed by atoms with Gasteiger partial charge in [-0.25, -0.2) is 0 Å². The van der Waals surface area contributed by atoms with Gasteiger partial charge in [0.2, 0.25) is 5.91 Å². The van der Waals surface area contributed by atoms with Gasteiger partial charge in [0, 0.05) is 24.1 Å². The van der Waals surface area contributed by atoms with E-state index in [1.54, 1.807) is 0 Å². The molecule has 0 radical (unpaired) electrons. The molecule has 1 heterocycles. The highest BCUT2D eigenvalue weighted by atomic mass is 16.1. The molecule has 1 saturated heterocycles. The summed E-state index contributed by atoms with van der Waals surface area (Å²) in [5.74, 6) is 0.193. The molecule has 0 aromatic heterocycles. The molecule has 2 atom stereocenters. The van der Waals surface area contributed by atoms with Crippen LogP contribution in [0.1, 0.15) is 54.1 Å². The Bertz CT molecular complexity index is 587. The minimum absolute atomic E-state index is 0.282. The molecular weight excluding hydrogens is 260 g/mol. The van der Waals surface area contributed by atoms with Crippen LogP contribution in [-0.4, -0.2) is 29.9 Å². The highest BCUT2D eigenvalue weighted by Gasteiger charge is 2.39. The van der Waals surface area contributed by atoms with E-state index in [9.17, 15) is 4.79 Å². The number of hydrogen-bond donors (Lipinski definition) is 1. The van der Waals surface area contributed by atoms with E-state index >= 15 is 0 Å². The summed E-state index contributed by atoms with van der Waals surface area (Å²) in [6.07, 6.45) is 5.69.